The third-order valence-corrected chi connectivity index (χ3v) is 6.87. The van der Waals surface area contributed by atoms with Crippen LogP contribution in [0.15, 0.2) is 71.6 Å². The SMILES string of the molecule is Cc1ccc(S(=O)(=O)N2c3ccccc3O[C@H]2c2ccc(Cl)c(Cl)c2)cc1. The van der Waals surface area contributed by atoms with E-state index in [0.29, 0.717) is 27.0 Å². The van der Waals surface area contributed by atoms with Crippen LogP contribution in [-0.2, 0) is 10.0 Å². The zero-order valence-electron chi connectivity index (χ0n) is 14.3. The normalized spacial score (nSPS) is 16.1. The van der Waals surface area contributed by atoms with E-state index in [0.717, 1.165) is 5.56 Å². The average molecular weight is 420 g/mol. The van der Waals surface area contributed by atoms with Crippen molar-refractivity contribution in [1.82, 2.24) is 0 Å². The molecule has 4 nitrogen and oxygen atoms in total. The van der Waals surface area contributed by atoms with Crippen molar-refractivity contribution in [3.8, 4) is 5.75 Å². The van der Waals surface area contributed by atoms with Crippen molar-refractivity contribution in [2.75, 3.05) is 4.31 Å². The number of hydrogen-bond donors (Lipinski definition) is 0. The summed E-state index contributed by atoms with van der Waals surface area (Å²) in [6.45, 7) is 1.91. The molecule has 1 atom stereocenters. The Hall–Kier alpha value is -2.21. The maximum Gasteiger partial charge on any atom is 0.267 e. The van der Waals surface area contributed by atoms with E-state index in [4.69, 9.17) is 27.9 Å². The summed E-state index contributed by atoms with van der Waals surface area (Å²) in [5.74, 6) is 0.490. The number of hydrogen-bond acceptors (Lipinski definition) is 3. The van der Waals surface area contributed by atoms with Gasteiger partial charge in [-0.05, 0) is 43.3 Å². The van der Waals surface area contributed by atoms with Crippen molar-refractivity contribution in [2.24, 2.45) is 0 Å². The summed E-state index contributed by atoms with van der Waals surface area (Å²) in [6.07, 6.45) is -0.872. The summed E-state index contributed by atoms with van der Waals surface area (Å²) in [4.78, 5) is 0.193. The van der Waals surface area contributed by atoms with Crippen LogP contribution in [0.25, 0.3) is 0 Å². The maximum absolute atomic E-state index is 13.4. The van der Waals surface area contributed by atoms with Crippen LogP contribution in [0, 0.1) is 6.92 Å². The topological polar surface area (TPSA) is 46.6 Å². The van der Waals surface area contributed by atoms with Crippen LogP contribution < -0.4 is 9.04 Å². The van der Waals surface area contributed by atoms with Crippen LogP contribution in [0.3, 0.4) is 0 Å². The highest BCUT2D eigenvalue weighted by molar-refractivity contribution is 7.92. The minimum absolute atomic E-state index is 0.193. The Bertz CT molecular complexity index is 1110. The summed E-state index contributed by atoms with van der Waals surface area (Å²) in [5.41, 5.74) is 2.05. The Morgan fingerprint density at radius 2 is 1.63 bits per heavy atom. The molecule has 0 bridgehead atoms. The van der Waals surface area contributed by atoms with Gasteiger partial charge in [0.2, 0.25) is 6.23 Å². The second-order valence-electron chi connectivity index (χ2n) is 6.23. The number of anilines is 1. The summed E-state index contributed by atoms with van der Waals surface area (Å²) in [5, 5.41) is 0.727. The van der Waals surface area contributed by atoms with Crippen molar-refractivity contribution in [3.63, 3.8) is 0 Å². The van der Waals surface area contributed by atoms with Crippen LogP contribution in [0.1, 0.15) is 17.4 Å². The molecule has 3 aromatic rings. The van der Waals surface area contributed by atoms with Crippen LogP contribution in [-0.4, -0.2) is 8.42 Å². The Morgan fingerprint density at radius 3 is 2.33 bits per heavy atom. The smallest absolute Gasteiger partial charge is 0.267 e. The molecule has 0 radical (unpaired) electrons. The van der Waals surface area contributed by atoms with E-state index in [1.165, 1.54) is 4.31 Å². The number of rotatable bonds is 3. The molecule has 1 aliphatic heterocycles. The van der Waals surface area contributed by atoms with Crippen LogP contribution in [0.2, 0.25) is 10.0 Å². The van der Waals surface area contributed by atoms with Gasteiger partial charge in [-0.3, -0.25) is 0 Å². The number of halogens is 2. The molecular formula is C20H15Cl2NO3S. The first-order valence-electron chi connectivity index (χ1n) is 8.20. The first-order valence-corrected chi connectivity index (χ1v) is 10.4. The highest BCUT2D eigenvalue weighted by atomic mass is 35.5. The molecule has 0 amide bonds. The van der Waals surface area contributed by atoms with Crippen molar-refractivity contribution >= 4 is 38.9 Å². The van der Waals surface area contributed by atoms with Gasteiger partial charge in [0.15, 0.2) is 0 Å². The summed E-state index contributed by atoms with van der Waals surface area (Å²) < 4.78 is 34.1. The number of para-hydroxylation sites is 2. The van der Waals surface area contributed by atoms with Crippen LogP contribution in [0.5, 0.6) is 5.75 Å². The molecule has 138 valence electrons. The molecule has 1 heterocycles. The number of sulfonamides is 1. The Kier molecular flexibility index (Phi) is 4.54. The minimum Gasteiger partial charge on any atom is -0.463 e. The van der Waals surface area contributed by atoms with Gasteiger partial charge in [0.1, 0.15) is 5.75 Å². The molecule has 0 spiro atoms. The fraction of sp³-hybridized carbons (Fsp3) is 0.100. The van der Waals surface area contributed by atoms with Gasteiger partial charge in [0.05, 0.1) is 20.6 Å². The van der Waals surface area contributed by atoms with E-state index in [9.17, 15) is 8.42 Å². The lowest BCUT2D eigenvalue weighted by Crippen LogP contribution is -2.33. The number of fused-ring (bicyclic) bond motifs is 1. The molecule has 0 saturated carbocycles. The zero-order chi connectivity index (χ0) is 19.2. The summed E-state index contributed by atoms with van der Waals surface area (Å²) in [6, 6.07) is 18.7. The van der Waals surface area contributed by atoms with E-state index < -0.39 is 16.3 Å². The average Bonchev–Trinajstić information content (AvgIpc) is 3.04. The zero-order valence-corrected chi connectivity index (χ0v) is 16.6. The number of nitrogens with zero attached hydrogens (tertiary/aromatic N) is 1. The summed E-state index contributed by atoms with van der Waals surface area (Å²) >= 11 is 12.2. The van der Waals surface area contributed by atoms with E-state index in [-0.39, 0.29) is 4.90 Å². The standard InChI is InChI=1S/C20H15Cl2NO3S/c1-13-6-9-15(10-7-13)27(24,25)23-18-4-2-3-5-19(18)26-20(23)14-8-11-16(21)17(22)12-14/h2-12,20H,1H3/t20-/m0/s1. The predicted octanol–water partition coefficient (Wildman–Crippen LogP) is 5.59. The van der Waals surface area contributed by atoms with Gasteiger partial charge in [-0.25, -0.2) is 12.7 Å². The molecule has 7 heteroatoms. The van der Waals surface area contributed by atoms with Gasteiger partial charge in [0, 0.05) is 5.56 Å². The lowest BCUT2D eigenvalue weighted by Gasteiger charge is -2.25. The number of ether oxygens (including phenoxy) is 1. The Morgan fingerprint density at radius 1 is 0.926 bits per heavy atom. The lowest BCUT2D eigenvalue weighted by atomic mass is 10.2. The molecular weight excluding hydrogens is 405 g/mol. The monoisotopic (exact) mass is 419 g/mol. The first kappa shape index (κ1) is 18.2. The van der Waals surface area contributed by atoms with Gasteiger partial charge >= 0.3 is 0 Å². The summed E-state index contributed by atoms with van der Waals surface area (Å²) in [7, 11) is -3.86. The molecule has 4 rings (SSSR count). The quantitative estimate of drug-likeness (QED) is 0.555. The molecule has 0 fully saturated rings. The van der Waals surface area contributed by atoms with E-state index >= 15 is 0 Å². The van der Waals surface area contributed by atoms with Gasteiger partial charge in [-0.1, -0.05) is 59.1 Å². The van der Waals surface area contributed by atoms with Crippen molar-refractivity contribution in [1.29, 1.82) is 0 Å². The van der Waals surface area contributed by atoms with Crippen molar-refractivity contribution in [3.05, 3.63) is 87.9 Å². The van der Waals surface area contributed by atoms with E-state index in [1.807, 2.05) is 6.92 Å². The maximum atomic E-state index is 13.4. The fourth-order valence-corrected chi connectivity index (χ4v) is 4.82. The second kappa shape index (κ2) is 6.75. The van der Waals surface area contributed by atoms with Crippen molar-refractivity contribution < 1.29 is 13.2 Å². The molecule has 0 aliphatic carbocycles. The minimum atomic E-state index is -3.86. The molecule has 0 aromatic heterocycles. The van der Waals surface area contributed by atoms with Crippen LogP contribution in [0.4, 0.5) is 5.69 Å². The van der Waals surface area contributed by atoms with Gasteiger partial charge in [-0.15, -0.1) is 0 Å². The first-order chi connectivity index (χ1) is 12.9. The molecule has 0 saturated heterocycles. The Balaban J connectivity index is 1.87. The highest BCUT2D eigenvalue weighted by Gasteiger charge is 2.41. The number of benzene rings is 3. The predicted molar refractivity (Wildman–Crippen MR) is 107 cm³/mol. The molecule has 3 aromatic carbocycles. The molecule has 0 N–H and O–H groups in total. The largest absolute Gasteiger partial charge is 0.463 e. The third kappa shape index (κ3) is 3.16. The van der Waals surface area contributed by atoms with Crippen molar-refractivity contribution in [2.45, 2.75) is 18.0 Å². The lowest BCUT2D eigenvalue weighted by molar-refractivity contribution is 0.245. The number of aryl methyl sites for hydroxylation is 1. The molecule has 0 unspecified atom stereocenters. The third-order valence-electron chi connectivity index (χ3n) is 4.36. The van der Waals surface area contributed by atoms with E-state index in [2.05, 4.69) is 0 Å². The van der Waals surface area contributed by atoms with Gasteiger partial charge in [-0.2, -0.15) is 0 Å². The second-order valence-corrected chi connectivity index (χ2v) is 8.85. The fourth-order valence-electron chi connectivity index (χ4n) is 2.98. The highest BCUT2D eigenvalue weighted by Crippen LogP contribution is 2.46. The molecule has 1 aliphatic rings. The van der Waals surface area contributed by atoms with Gasteiger partial charge < -0.3 is 4.74 Å². The van der Waals surface area contributed by atoms with E-state index in [1.54, 1.807) is 66.7 Å². The Labute approximate surface area is 168 Å². The van der Waals surface area contributed by atoms with Crippen LogP contribution >= 0.6 is 23.2 Å². The van der Waals surface area contributed by atoms with Gasteiger partial charge in [0.25, 0.3) is 10.0 Å². The molecule has 27 heavy (non-hydrogen) atoms.